The van der Waals surface area contributed by atoms with Crippen LogP contribution in [0.15, 0.2) is 83.0 Å². The van der Waals surface area contributed by atoms with Gasteiger partial charge in [0.15, 0.2) is 0 Å². The maximum absolute atomic E-state index is 9.35. The maximum Gasteiger partial charge on any atom is 0.115 e. The predicted octanol–water partition coefficient (Wildman–Crippen LogP) is 6.64. The van der Waals surface area contributed by atoms with Gasteiger partial charge in [-0.3, -0.25) is 0 Å². The molecule has 0 saturated heterocycles. The monoisotopic (exact) mass is 371 g/mol. The van der Waals surface area contributed by atoms with Crippen LogP contribution >= 0.6 is 0 Å². The molecular formula is C24H25N3O. The second-order valence-electron chi connectivity index (χ2n) is 7.53. The lowest BCUT2D eigenvalue weighted by Crippen LogP contribution is -2.30. The minimum Gasteiger partial charge on any atom is -0.508 e. The van der Waals surface area contributed by atoms with Gasteiger partial charge < -0.3 is 10.8 Å². The standard InChI is InChI=1S/C24H25N3O/c25-20-8-4-18(5-9-20)24(16-2-1-3-17-24)19-6-10-21(11-7-19)26-27-22-12-14-23(28)15-13-22/h4-15,28H,1-3,16-17,25H2. The summed E-state index contributed by atoms with van der Waals surface area (Å²) in [6.07, 6.45) is 6.10. The van der Waals surface area contributed by atoms with Crippen molar-refractivity contribution in [2.75, 3.05) is 5.73 Å². The summed E-state index contributed by atoms with van der Waals surface area (Å²) in [5.41, 5.74) is 11.0. The fourth-order valence-corrected chi connectivity index (χ4v) is 4.18. The topological polar surface area (TPSA) is 71.0 Å². The maximum atomic E-state index is 9.35. The second kappa shape index (κ2) is 7.85. The molecule has 0 atom stereocenters. The molecular weight excluding hydrogens is 346 g/mol. The molecule has 4 rings (SSSR count). The van der Waals surface area contributed by atoms with Crippen molar-refractivity contribution in [3.8, 4) is 5.75 Å². The molecule has 0 amide bonds. The van der Waals surface area contributed by atoms with E-state index in [4.69, 9.17) is 5.73 Å². The van der Waals surface area contributed by atoms with E-state index in [0.717, 1.165) is 24.2 Å². The zero-order chi connectivity index (χ0) is 19.4. The van der Waals surface area contributed by atoms with E-state index >= 15 is 0 Å². The Hall–Kier alpha value is -3.14. The number of benzene rings is 3. The van der Waals surface area contributed by atoms with Gasteiger partial charge in [-0.05, 0) is 72.5 Å². The van der Waals surface area contributed by atoms with Crippen molar-refractivity contribution in [2.45, 2.75) is 37.5 Å². The summed E-state index contributed by atoms with van der Waals surface area (Å²) >= 11 is 0. The molecule has 0 bridgehead atoms. The Bertz CT molecular complexity index is 939. The molecule has 0 radical (unpaired) electrons. The average Bonchev–Trinajstić information content (AvgIpc) is 2.75. The Labute approximate surface area is 165 Å². The summed E-state index contributed by atoms with van der Waals surface area (Å²) in [6.45, 7) is 0. The summed E-state index contributed by atoms with van der Waals surface area (Å²) < 4.78 is 0. The Morgan fingerprint density at radius 2 is 1.11 bits per heavy atom. The lowest BCUT2D eigenvalue weighted by molar-refractivity contribution is 0.346. The third-order valence-corrected chi connectivity index (χ3v) is 5.72. The summed E-state index contributed by atoms with van der Waals surface area (Å²) in [6, 6.07) is 23.5. The Morgan fingerprint density at radius 1 is 0.643 bits per heavy atom. The molecule has 0 aliphatic heterocycles. The van der Waals surface area contributed by atoms with Gasteiger partial charge in [0, 0.05) is 11.1 Å². The number of hydrogen-bond acceptors (Lipinski definition) is 4. The SMILES string of the molecule is Nc1ccc(C2(c3ccc(N=Nc4ccc(O)cc4)cc3)CCCCC2)cc1. The van der Waals surface area contributed by atoms with Crippen molar-refractivity contribution in [2.24, 2.45) is 10.2 Å². The minimum absolute atomic E-state index is 0.0541. The van der Waals surface area contributed by atoms with Crippen LogP contribution in [0.2, 0.25) is 0 Å². The number of anilines is 1. The van der Waals surface area contributed by atoms with E-state index in [0.29, 0.717) is 5.69 Å². The van der Waals surface area contributed by atoms with Crippen molar-refractivity contribution in [1.82, 2.24) is 0 Å². The molecule has 1 saturated carbocycles. The van der Waals surface area contributed by atoms with Crippen LogP contribution in [-0.2, 0) is 5.41 Å². The van der Waals surface area contributed by atoms with Crippen molar-refractivity contribution in [3.05, 3.63) is 83.9 Å². The van der Waals surface area contributed by atoms with Crippen LogP contribution in [0.25, 0.3) is 0 Å². The first kappa shape index (κ1) is 18.2. The zero-order valence-corrected chi connectivity index (χ0v) is 15.9. The van der Waals surface area contributed by atoms with Gasteiger partial charge in [-0.15, -0.1) is 0 Å². The van der Waals surface area contributed by atoms with E-state index in [2.05, 4.69) is 34.5 Å². The summed E-state index contributed by atoms with van der Waals surface area (Å²) in [5, 5.41) is 17.9. The fourth-order valence-electron chi connectivity index (χ4n) is 4.18. The molecule has 3 aromatic rings. The van der Waals surface area contributed by atoms with Crippen molar-refractivity contribution < 1.29 is 5.11 Å². The normalized spacial score (nSPS) is 16.3. The number of nitrogens with two attached hydrogens (primary N) is 1. The molecule has 3 N–H and O–H groups in total. The number of hydrogen-bond donors (Lipinski definition) is 2. The van der Waals surface area contributed by atoms with Crippen LogP contribution in [0, 0.1) is 0 Å². The number of rotatable bonds is 4. The highest BCUT2D eigenvalue weighted by Crippen LogP contribution is 2.45. The molecule has 0 aromatic heterocycles. The smallest absolute Gasteiger partial charge is 0.115 e. The highest BCUT2D eigenvalue weighted by atomic mass is 16.3. The van der Waals surface area contributed by atoms with Gasteiger partial charge in [-0.2, -0.15) is 10.2 Å². The van der Waals surface area contributed by atoms with E-state index in [1.165, 1.54) is 30.4 Å². The Kier molecular flexibility index (Phi) is 5.11. The highest BCUT2D eigenvalue weighted by Gasteiger charge is 2.35. The third-order valence-electron chi connectivity index (χ3n) is 5.72. The molecule has 0 heterocycles. The molecule has 142 valence electrons. The van der Waals surface area contributed by atoms with Crippen molar-refractivity contribution >= 4 is 17.1 Å². The molecule has 0 spiro atoms. The summed E-state index contributed by atoms with van der Waals surface area (Å²) in [5.74, 6) is 0.226. The number of phenols is 1. The third kappa shape index (κ3) is 3.77. The number of azo groups is 1. The molecule has 0 unspecified atom stereocenters. The molecule has 4 heteroatoms. The Balaban J connectivity index is 1.61. The average molecular weight is 371 g/mol. The lowest BCUT2D eigenvalue weighted by atomic mass is 9.65. The quantitative estimate of drug-likeness (QED) is 0.398. The van der Waals surface area contributed by atoms with Crippen LogP contribution in [0.1, 0.15) is 43.2 Å². The van der Waals surface area contributed by atoms with Gasteiger partial charge in [0.2, 0.25) is 0 Å². The summed E-state index contributed by atoms with van der Waals surface area (Å²) in [4.78, 5) is 0. The predicted molar refractivity (Wildman–Crippen MR) is 113 cm³/mol. The number of nitrogen functional groups attached to an aromatic ring is 1. The van der Waals surface area contributed by atoms with E-state index in [1.54, 1.807) is 24.3 Å². The van der Waals surface area contributed by atoms with Gasteiger partial charge in [0.1, 0.15) is 5.75 Å². The van der Waals surface area contributed by atoms with E-state index in [-0.39, 0.29) is 11.2 Å². The first-order valence-electron chi connectivity index (χ1n) is 9.83. The van der Waals surface area contributed by atoms with Crippen molar-refractivity contribution in [1.29, 1.82) is 0 Å². The molecule has 1 fully saturated rings. The van der Waals surface area contributed by atoms with Gasteiger partial charge in [-0.1, -0.05) is 43.5 Å². The van der Waals surface area contributed by atoms with Gasteiger partial charge in [0.25, 0.3) is 0 Å². The van der Waals surface area contributed by atoms with Crippen molar-refractivity contribution in [3.63, 3.8) is 0 Å². The number of phenolic OH excluding ortho intramolecular Hbond substituents is 1. The first-order chi connectivity index (χ1) is 13.7. The van der Waals surface area contributed by atoms with E-state index in [1.807, 2.05) is 24.3 Å². The number of nitrogens with zero attached hydrogens (tertiary/aromatic N) is 2. The molecule has 3 aromatic carbocycles. The highest BCUT2D eigenvalue weighted by molar-refractivity contribution is 5.49. The fraction of sp³-hybridized carbons (Fsp3) is 0.250. The minimum atomic E-state index is 0.0541. The second-order valence-corrected chi connectivity index (χ2v) is 7.53. The largest absolute Gasteiger partial charge is 0.508 e. The van der Waals surface area contributed by atoms with Crippen LogP contribution in [0.3, 0.4) is 0 Å². The van der Waals surface area contributed by atoms with E-state index < -0.39 is 0 Å². The van der Waals surface area contributed by atoms with Gasteiger partial charge >= 0.3 is 0 Å². The molecule has 28 heavy (non-hydrogen) atoms. The van der Waals surface area contributed by atoms with Gasteiger partial charge in [-0.25, -0.2) is 0 Å². The number of aromatic hydroxyl groups is 1. The molecule has 1 aliphatic carbocycles. The van der Waals surface area contributed by atoms with Gasteiger partial charge in [0.05, 0.1) is 11.4 Å². The van der Waals surface area contributed by atoms with E-state index in [9.17, 15) is 5.11 Å². The lowest BCUT2D eigenvalue weighted by Gasteiger charge is -2.38. The molecule has 1 aliphatic rings. The van der Waals surface area contributed by atoms with Crippen LogP contribution in [0.5, 0.6) is 5.75 Å². The molecule has 4 nitrogen and oxygen atoms in total. The van der Waals surface area contributed by atoms with Crippen LogP contribution in [-0.4, -0.2) is 5.11 Å². The Morgan fingerprint density at radius 3 is 1.64 bits per heavy atom. The van der Waals surface area contributed by atoms with Crippen LogP contribution in [0.4, 0.5) is 17.1 Å². The summed E-state index contributed by atoms with van der Waals surface area (Å²) in [7, 11) is 0. The zero-order valence-electron chi connectivity index (χ0n) is 15.9. The first-order valence-corrected chi connectivity index (χ1v) is 9.83. The van der Waals surface area contributed by atoms with Crippen LogP contribution < -0.4 is 5.73 Å².